The van der Waals surface area contributed by atoms with E-state index in [2.05, 4.69) is 15.5 Å². The maximum atomic E-state index is 12.9. The van der Waals surface area contributed by atoms with Crippen LogP contribution < -0.4 is 10.1 Å². The van der Waals surface area contributed by atoms with E-state index in [1.807, 2.05) is 24.3 Å². The lowest BCUT2D eigenvalue weighted by atomic mass is 9.97. The van der Waals surface area contributed by atoms with Gasteiger partial charge in [0.05, 0.1) is 16.9 Å². The monoisotopic (exact) mass is 508 g/mol. The fraction of sp³-hybridized carbons (Fsp3) is 0.381. The Bertz CT molecular complexity index is 1050. The number of rotatable bonds is 7. The topological polar surface area (TPSA) is 84.4 Å². The number of nitrogens with one attached hydrogen (secondary N) is 1. The van der Waals surface area contributed by atoms with Crippen LogP contribution in [-0.4, -0.2) is 43.9 Å². The standard InChI is InChI=1S/C21H21ClN4O3S3/c22-11-18-24-25-20(32-18)23-17(27)12-26-19(28)16(31-21(26)30)10-13-6-4-5-9-15(13)29-14-7-2-1-3-8-14/h4-6,9-10,14H,1-3,7-8,11-12H2,(H,23,25,27)/b16-10-. The summed E-state index contributed by atoms with van der Waals surface area (Å²) in [7, 11) is 0. The number of amides is 2. The third-order valence-corrected chi connectivity index (χ3v) is 7.68. The molecule has 11 heteroatoms. The lowest BCUT2D eigenvalue weighted by molar-refractivity contribution is -0.126. The zero-order chi connectivity index (χ0) is 22.5. The summed E-state index contributed by atoms with van der Waals surface area (Å²) < 4.78 is 6.57. The van der Waals surface area contributed by atoms with Crippen molar-refractivity contribution in [3.05, 3.63) is 39.7 Å². The predicted molar refractivity (Wildman–Crippen MR) is 132 cm³/mol. The van der Waals surface area contributed by atoms with E-state index in [0.717, 1.165) is 24.2 Å². The van der Waals surface area contributed by atoms with Crippen LogP contribution in [0.4, 0.5) is 5.13 Å². The molecule has 4 rings (SSSR count). The van der Waals surface area contributed by atoms with E-state index in [-0.39, 0.29) is 24.4 Å². The van der Waals surface area contributed by atoms with Gasteiger partial charge in [0.1, 0.15) is 21.6 Å². The van der Waals surface area contributed by atoms with Gasteiger partial charge in [-0.15, -0.1) is 21.8 Å². The van der Waals surface area contributed by atoms with Crippen molar-refractivity contribution in [3.8, 4) is 5.75 Å². The van der Waals surface area contributed by atoms with Crippen LogP contribution >= 0.6 is 46.9 Å². The van der Waals surface area contributed by atoms with Crippen LogP contribution in [0.3, 0.4) is 0 Å². The van der Waals surface area contributed by atoms with Crippen molar-refractivity contribution in [1.82, 2.24) is 15.1 Å². The molecule has 2 aromatic rings. The molecule has 2 fully saturated rings. The number of halogens is 1. The van der Waals surface area contributed by atoms with E-state index in [9.17, 15) is 9.59 Å². The van der Waals surface area contributed by atoms with Crippen LogP contribution in [0.25, 0.3) is 6.08 Å². The molecule has 1 saturated heterocycles. The Balaban J connectivity index is 1.43. The highest BCUT2D eigenvalue weighted by Crippen LogP contribution is 2.35. The fourth-order valence-corrected chi connectivity index (χ4v) is 5.58. The molecule has 1 aliphatic heterocycles. The van der Waals surface area contributed by atoms with Crippen molar-refractivity contribution >= 4 is 74.3 Å². The summed E-state index contributed by atoms with van der Waals surface area (Å²) >= 11 is 13.4. The average molecular weight is 509 g/mol. The van der Waals surface area contributed by atoms with E-state index in [1.165, 1.54) is 47.3 Å². The second-order valence-corrected chi connectivity index (χ2v) is 10.4. The molecule has 1 N–H and O–H groups in total. The highest BCUT2D eigenvalue weighted by molar-refractivity contribution is 8.26. The quantitative estimate of drug-likeness (QED) is 0.326. The number of thiocarbonyl (C=S) groups is 1. The molecule has 0 spiro atoms. The second-order valence-electron chi connectivity index (χ2n) is 7.37. The van der Waals surface area contributed by atoms with Gasteiger partial charge in [0.2, 0.25) is 11.0 Å². The molecular formula is C21H21ClN4O3S3. The number of anilines is 1. The molecule has 168 valence electrons. The van der Waals surface area contributed by atoms with Crippen molar-refractivity contribution in [2.45, 2.75) is 44.1 Å². The number of para-hydroxylation sites is 1. The molecule has 2 aliphatic rings. The van der Waals surface area contributed by atoms with Gasteiger partial charge in [0.15, 0.2) is 0 Å². The molecule has 0 atom stereocenters. The van der Waals surface area contributed by atoms with Crippen LogP contribution in [0.1, 0.15) is 42.7 Å². The number of hydrogen-bond acceptors (Lipinski definition) is 8. The van der Waals surface area contributed by atoms with Gasteiger partial charge in [0.25, 0.3) is 5.91 Å². The molecule has 32 heavy (non-hydrogen) atoms. The van der Waals surface area contributed by atoms with E-state index < -0.39 is 5.91 Å². The van der Waals surface area contributed by atoms with Crippen molar-refractivity contribution in [2.24, 2.45) is 0 Å². The van der Waals surface area contributed by atoms with E-state index in [1.54, 1.807) is 6.08 Å². The molecule has 2 amide bonds. The summed E-state index contributed by atoms with van der Waals surface area (Å²) in [5, 5.41) is 11.3. The smallest absolute Gasteiger partial charge is 0.266 e. The molecule has 2 heterocycles. The van der Waals surface area contributed by atoms with E-state index >= 15 is 0 Å². The van der Waals surface area contributed by atoms with Crippen LogP contribution in [0, 0.1) is 0 Å². The maximum Gasteiger partial charge on any atom is 0.266 e. The van der Waals surface area contributed by atoms with Crippen molar-refractivity contribution < 1.29 is 14.3 Å². The zero-order valence-electron chi connectivity index (χ0n) is 17.1. The number of thioether (sulfide) groups is 1. The Labute approximate surface area is 204 Å². The minimum atomic E-state index is -0.402. The first-order valence-corrected chi connectivity index (χ1v) is 12.8. The summed E-state index contributed by atoms with van der Waals surface area (Å²) in [5.74, 6) is 0.273. The van der Waals surface area contributed by atoms with Crippen LogP contribution in [0.15, 0.2) is 29.2 Å². The molecule has 1 saturated carbocycles. The Morgan fingerprint density at radius 1 is 1.28 bits per heavy atom. The third kappa shape index (κ3) is 5.67. The zero-order valence-corrected chi connectivity index (χ0v) is 20.3. The van der Waals surface area contributed by atoms with Gasteiger partial charge >= 0.3 is 0 Å². The first-order chi connectivity index (χ1) is 15.5. The molecule has 0 radical (unpaired) electrons. The van der Waals surface area contributed by atoms with Gasteiger partial charge in [-0.1, -0.05) is 59.9 Å². The summed E-state index contributed by atoms with van der Waals surface area (Å²) in [4.78, 5) is 27.1. The molecule has 1 aromatic heterocycles. The van der Waals surface area contributed by atoms with E-state index in [0.29, 0.717) is 19.4 Å². The summed E-state index contributed by atoms with van der Waals surface area (Å²) in [6.45, 7) is -0.196. The number of carbonyl (C=O) groups is 2. The SMILES string of the molecule is O=C(CN1C(=O)/C(=C/c2ccccc2OC2CCCCC2)SC1=S)Nc1nnc(CCl)s1. The molecule has 1 aliphatic carbocycles. The van der Waals surface area contributed by atoms with E-state index in [4.69, 9.17) is 28.6 Å². The van der Waals surface area contributed by atoms with Crippen LogP contribution in [0.5, 0.6) is 5.75 Å². The number of nitrogens with zero attached hydrogens (tertiary/aromatic N) is 3. The van der Waals surface area contributed by atoms with Crippen LogP contribution in [0.2, 0.25) is 0 Å². The maximum absolute atomic E-state index is 12.9. The minimum absolute atomic E-state index is 0.196. The van der Waals surface area contributed by atoms with Crippen LogP contribution in [-0.2, 0) is 15.5 Å². The summed E-state index contributed by atoms with van der Waals surface area (Å²) in [5.41, 5.74) is 0.825. The van der Waals surface area contributed by atoms with Gasteiger partial charge < -0.3 is 4.74 Å². The minimum Gasteiger partial charge on any atom is -0.490 e. The number of hydrogen-bond donors (Lipinski definition) is 1. The van der Waals surface area contributed by atoms with Gasteiger partial charge in [-0.3, -0.25) is 19.8 Å². The van der Waals surface area contributed by atoms with Gasteiger partial charge in [-0.25, -0.2) is 0 Å². The number of alkyl halides is 1. The molecule has 7 nitrogen and oxygen atoms in total. The summed E-state index contributed by atoms with van der Waals surface area (Å²) in [6, 6.07) is 7.67. The first kappa shape index (κ1) is 23.2. The highest BCUT2D eigenvalue weighted by atomic mass is 35.5. The van der Waals surface area contributed by atoms with Gasteiger partial charge in [0, 0.05) is 5.56 Å². The fourth-order valence-electron chi connectivity index (χ4n) is 3.51. The number of aromatic nitrogens is 2. The third-order valence-electron chi connectivity index (χ3n) is 5.05. The Morgan fingerprint density at radius 3 is 2.81 bits per heavy atom. The van der Waals surface area contributed by atoms with Gasteiger partial charge in [-0.2, -0.15) is 0 Å². The van der Waals surface area contributed by atoms with Crippen molar-refractivity contribution in [1.29, 1.82) is 0 Å². The Kier molecular flexibility index (Phi) is 7.77. The molecule has 0 bridgehead atoms. The second kappa shape index (κ2) is 10.7. The highest BCUT2D eigenvalue weighted by Gasteiger charge is 2.34. The first-order valence-electron chi connectivity index (χ1n) is 10.2. The van der Waals surface area contributed by atoms with Gasteiger partial charge in [-0.05, 0) is 37.8 Å². The molecular weight excluding hydrogens is 488 g/mol. The lowest BCUT2D eigenvalue weighted by Crippen LogP contribution is -2.36. The van der Waals surface area contributed by atoms with Crippen molar-refractivity contribution in [3.63, 3.8) is 0 Å². The normalized spacial score (nSPS) is 18.4. The summed E-state index contributed by atoms with van der Waals surface area (Å²) in [6.07, 6.45) is 7.70. The number of ether oxygens (including phenoxy) is 1. The average Bonchev–Trinajstić information content (AvgIpc) is 3.35. The van der Waals surface area contributed by atoms with Crippen molar-refractivity contribution in [2.75, 3.05) is 11.9 Å². The number of carbonyl (C=O) groups excluding carboxylic acids is 2. The molecule has 1 aromatic carbocycles. The predicted octanol–water partition coefficient (Wildman–Crippen LogP) is 4.83. The molecule has 0 unspecified atom stereocenters. The Morgan fingerprint density at radius 2 is 2.06 bits per heavy atom. The largest absolute Gasteiger partial charge is 0.490 e. The number of benzene rings is 1. The Hall–Kier alpha value is -2.01. The lowest BCUT2D eigenvalue weighted by Gasteiger charge is -2.23.